The zero-order chi connectivity index (χ0) is 12.4. The monoisotopic (exact) mass is 249 g/mol. The fraction of sp³-hybridized carbons (Fsp3) is 0.545. The maximum Gasteiger partial charge on any atom is 0.229 e. The quantitative estimate of drug-likeness (QED) is 0.825. The number of morpholine rings is 1. The first kappa shape index (κ1) is 11.4. The molecule has 7 nitrogen and oxygen atoms in total. The Bertz CT molecular complexity index is 515. The van der Waals surface area contributed by atoms with E-state index in [2.05, 4.69) is 20.6 Å². The molecule has 3 rings (SSSR count). The van der Waals surface area contributed by atoms with Gasteiger partial charge in [0.25, 0.3) is 0 Å². The van der Waals surface area contributed by atoms with Gasteiger partial charge in [-0.25, -0.2) is 0 Å². The van der Waals surface area contributed by atoms with Crippen LogP contribution < -0.4 is 5.32 Å². The summed E-state index contributed by atoms with van der Waals surface area (Å²) in [5.41, 5.74) is 0.857. The van der Waals surface area contributed by atoms with Gasteiger partial charge in [0.05, 0.1) is 30.9 Å². The SMILES string of the molecule is Cn1cc(-c2noc(CC3CNCCO3)n2)cn1. The zero-order valence-corrected chi connectivity index (χ0v) is 10.2. The Morgan fingerprint density at radius 2 is 2.50 bits per heavy atom. The van der Waals surface area contributed by atoms with Crippen molar-refractivity contribution in [2.45, 2.75) is 12.5 Å². The number of nitrogens with zero attached hydrogens (tertiary/aromatic N) is 4. The molecule has 1 saturated heterocycles. The van der Waals surface area contributed by atoms with Gasteiger partial charge < -0.3 is 14.6 Å². The maximum atomic E-state index is 5.59. The number of rotatable bonds is 3. The van der Waals surface area contributed by atoms with Gasteiger partial charge in [-0.3, -0.25) is 4.68 Å². The van der Waals surface area contributed by atoms with Crippen LogP contribution >= 0.6 is 0 Å². The number of ether oxygens (including phenoxy) is 1. The molecule has 2 aromatic rings. The molecule has 2 aromatic heterocycles. The molecular weight excluding hydrogens is 234 g/mol. The van der Waals surface area contributed by atoms with E-state index in [1.165, 1.54) is 0 Å². The van der Waals surface area contributed by atoms with E-state index in [1.54, 1.807) is 10.9 Å². The van der Waals surface area contributed by atoms with E-state index in [1.807, 2.05) is 13.2 Å². The Morgan fingerprint density at radius 3 is 3.22 bits per heavy atom. The van der Waals surface area contributed by atoms with Gasteiger partial charge in [0.15, 0.2) is 0 Å². The standard InChI is InChI=1S/C11H15N5O2/c1-16-7-8(5-13-16)11-14-10(18-15-11)4-9-6-12-2-3-17-9/h5,7,9,12H,2-4,6H2,1H3. The van der Waals surface area contributed by atoms with E-state index in [0.717, 1.165) is 25.3 Å². The number of hydrogen-bond donors (Lipinski definition) is 1. The summed E-state index contributed by atoms with van der Waals surface area (Å²) in [5, 5.41) is 11.3. The molecule has 3 heterocycles. The van der Waals surface area contributed by atoms with Crippen LogP contribution in [0.4, 0.5) is 0 Å². The van der Waals surface area contributed by atoms with Crippen LogP contribution in [0.5, 0.6) is 0 Å². The van der Waals surface area contributed by atoms with Gasteiger partial charge in [-0.15, -0.1) is 0 Å². The summed E-state index contributed by atoms with van der Waals surface area (Å²) in [7, 11) is 1.85. The van der Waals surface area contributed by atoms with E-state index >= 15 is 0 Å². The largest absolute Gasteiger partial charge is 0.375 e. The summed E-state index contributed by atoms with van der Waals surface area (Å²) < 4.78 is 12.5. The smallest absolute Gasteiger partial charge is 0.229 e. The van der Waals surface area contributed by atoms with Gasteiger partial charge in [-0.2, -0.15) is 10.1 Å². The lowest BCUT2D eigenvalue weighted by atomic mass is 10.2. The van der Waals surface area contributed by atoms with Crippen molar-refractivity contribution in [1.82, 2.24) is 25.2 Å². The van der Waals surface area contributed by atoms with Crippen molar-refractivity contribution >= 4 is 0 Å². The summed E-state index contributed by atoms with van der Waals surface area (Å²) in [5.74, 6) is 1.17. The molecule has 1 fully saturated rings. The fourth-order valence-electron chi connectivity index (χ4n) is 1.94. The van der Waals surface area contributed by atoms with Gasteiger partial charge in [0.1, 0.15) is 0 Å². The first-order valence-corrected chi connectivity index (χ1v) is 5.95. The lowest BCUT2D eigenvalue weighted by Gasteiger charge is -2.21. The van der Waals surface area contributed by atoms with Crippen molar-refractivity contribution in [3.05, 3.63) is 18.3 Å². The van der Waals surface area contributed by atoms with Crippen LogP contribution in [0.2, 0.25) is 0 Å². The lowest BCUT2D eigenvalue weighted by molar-refractivity contribution is 0.0246. The van der Waals surface area contributed by atoms with Crippen molar-refractivity contribution < 1.29 is 9.26 Å². The Hall–Kier alpha value is -1.73. The summed E-state index contributed by atoms with van der Waals surface area (Å²) in [6.45, 7) is 2.46. The van der Waals surface area contributed by atoms with Crippen LogP contribution in [0.15, 0.2) is 16.9 Å². The van der Waals surface area contributed by atoms with Crippen LogP contribution in [0.3, 0.4) is 0 Å². The molecule has 96 valence electrons. The molecule has 0 radical (unpaired) electrons. The Balaban J connectivity index is 1.69. The molecule has 1 aliphatic heterocycles. The van der Waals surface area contributed by atoms with E-state index in [0.29, 0.717) is 18.1 Å². The topological polar surface area (TPSA) is 78.0 Å². The zero-order valence-electron chi connectivity index (χ0n) is 10.2. The van der Waals surface area contributed by atoms with Crippen LogP contribution in [0, 0.1) is 0 Å². The van der Waals surface area contributed by atoms with Gasteiger partial charge >= 0.3 is 0 Å². The summed E-state index contributed by atoms with van der Waals surface area (Å²) in [4.78, 5) is 4.35. The molecule has 0 aliphatic carbocycles. The van der Waals surface area contributed by atoms with E-state index in [-0.39, 0.29) is 6.10 Å². The van der Waals surface area contributed by atoms with Gasteiger partial charge in [-0.05, 0) is 0 Å². The van der Waals surface area contributed by atoms with Crippen LogP contribution in [0.1, 0.15) is 5.89 Å². The van der Waals surface area contributed by atoms with Gasteiger partial charge in [0.2, 0.25) is 11.7 Å². The van der Waals surface area contributed by atoms with Gasteiger partial charge in [0, 0.05) is 26.3 Å². The maximum absolute atomic E-state index is 5.59. The highest BCUT2D eigenvalue weighted by Gasteiger charge is 2.18. The normalized spacial score (nSPS) is 20.2. The second-order valence-corrected chi connectivity index (χ2v) is 4.32. The molecule has 1 atom stereocenters. The number of aryl methyl sites for hydroxylation is 1. The highest BCUT2D eigenvalue weighted by atomic mass is 16.5. The molecule has 1 aliphatic rings. The van der Waals surface area contributed by atoms with Crippen molar-refractivity contribution in [3.63, 3.8) is 0 Å². The second kappa shape index (κ2) is 4.87. The third-order valence-corrected chi connectivity index (χ3v) is 2.84. The van der Waals surface area contributed by atoms with E-state index in [9.17, 15) is 0 Å². The molecule has 0 spiro atoms. The third kappa shape index (κ3) is 2.41. The fourth-order valence-corrected chi connectivity index (χ4v) is 1.94. The van der Waals surface area contributed by atoms with Crippen molar-refractivity contribution in [1.29, 1.82) is 0 Å². The second-order valence-electron chi connectivity index (χ2n) is 4.32. The molecule has 7 heteroatoms. The predicted octanol–water partition coefficient (Wildman–Crippen LogP) is 0.001000. The molecule has 0 saturated carbocycles. The highest BCUT2D eigenvalue weighted by molar-refractivity contribution is 5.50. The Kier molecular flexibility index (Phi) is 3.07. The van der Waals surface area contributed by atoms with Gasteiger partial charge in [-0.1, -0.05) is 5.16 Å². The average Bonchev–Trinajstić information content (AvgIpc) is 2.99. The number of nitrogens with one attached hydrogen (secondary N) is 1. The molecule has 0 aromatic carbocycles. The Labute approximate surface area is 104 Å². The molecule has 0 amide bonds. The minimum absolute atomic E-state index is 0.112. The first-order chi connectivity index (χ1) is 8.81. The van der Waals surface area contributed by atoms with E-state index in [4.69, 9.17) is 9.26 Å². The van der Waals surface area contributed by atoms with E-state index < -0.39 is 0 Å². The van der Waals surface area contributed by atoms with Crippen molar-refractivity contribution in [2.24, 2.45) is 7.05 Å². The van der Waals surface area contributed by atoms with Crippen LogP contribution in [-0.2, 0) is 18.2 Å². The molecule has 1 N–H and O–H groups in total. The minimum atomic E-state index is 0.112. The number of hydrogen-bond acceptors (Lipinski definition) is 6. The minimum Gasteiger partial charge on any atom is -0.375 e. The lowest BCUT2D eigenvalue weighted by Crippen LogP contribution is -2.39. The van der Waals surface area contributed by atoms with Crippen molar-refractivity contribution in [2.75, 3.05) is 19.7 Å². The summed E-state index contributed by atoms with van der Waals surface area (Å²) in [6.07, 6.45) is 4.32. The average molecular weight is 249 g/mol. The first-order valence-electron chi connectivity index (χ1n) is 5.95. The molecule has 1 unspecified atom stereocenters. The molecule has 18 heavy (non-hydrogen) atoms. The molecular formula is C11H15N5O2. The molecule has 0 bridgehead atoms. The highest BCUT2D eigenvalue weighted by Crippen LogP contribution is 2.15. The van der Waals surface area contributed by atoms with Crippen LogP contribution in [-0.4, -0.2) is 45.7 Å². The van der Waals surface area contributed by atoms with Crippen LogP contribution in [0.25, 0.3) is 11.4 Å². The predicted molar refractivity (Wildman–Crippen MR) is 62.8 cm³/mol. The Morgan fingerprint density at radius 1 is 1.56 bits per heavy atom. The summed E-state index contributed by atoms with van der Waals surface area (Å²) in [6, 6.07) is 0. The number of aromatic nitrogens is 4. The van der Waals surface area contributed by atoms with Crippen molar-refractivity contribution in [3.8, 4) is 11.4 Å². The summed E-state index contributed by atoms with van der Waals surface area (Å²) >= 11 is 0. The third-order valence-electron chi connectivity index (χ3n) is 2.84.